The van der Waals surface area contributed by atoms with E-state index in [1.165, 1.54) is 32.7 Å². The first kappa shape index (κ1) is 15.9. The second-order valence-corrected chi connectivity index (χ2v) is 7.58. The molecule has 0 bridgehead atoms. The number of hydrogen-bond acceptors (Lipinski definition) is 5. The summed E-state index contributed by atoms with van der Waals surface area (Å²) < 4.78 is 1.44. The van der Waals surface area contributed by atoms with Gasteiger partial charge in [0.2, 0.25) is 0 Å². The van der Waals surface area contributed by atoms with Crippen molar-refractivity contribution in [2.24, 2.45) is 7.05 Å². The van der Waals surface area contributed by atoms with E-state index >= 15 is 0 Å². The topological polar surface area (TPSA) is 55.2 Å². The van der Waals surface area contributed by atoms with Crippen LogP contribution in [-0.4, -0.2) is 27.4 Å². The maximum atomic E-state index is 12.8. The second kappa shape index (κ2) is 5.90. The van der Waals surface area contributed by atoms with E-state index in [1.807, 2.05) is 19.2 Å². The number of rotatable bonds is 3. The van der Waals surface area contributed by atoms with E-state index in [0.29, 0.717) is 21.6 Å². The van der Waals surface area contributed by atoms with Crippen molar-refractivity contribution in [1.82, 2.24) is 14.5 Å². The highest BCUT2D eigenvalue weighted by molar-refractivity contribution is 7.20. The zero-order chi connectivity index (χ0) is 16.7. The zero-order valence-electron chi connectivity index (χ0n) is 13.4. The Bertz CT molecular complexity index is 952. The Balaban J connectivity index is 1.98. The van der Waals surface area contributed by atoms with Gasteiger partial charge >= 0.3 is 0 Å². The summed E-state index contributed by atoms with van der Waals surface area (Å²) in [6, 6.07) is 2.05. The van der Waals surface area contributed by atoms with Crippen LogP contribution in [0.15, 0.2) is 22.6 Å². The quantitative estimate of drug-likeness (QED) is 0.732. The number of carbonyl (C=O) groups excluding carboxylic acids is 1. The minimum absolute atomic E-state index is 0.0691. The highest BCUT2D eigenvalue weighted by Gasteiger charge is 2.22. The first-order valence-corrected chi connectivity index (χ1v) is 8.83. The van der Waals surface area contributed by atoms with E-state index in [9.17, 15) is 9.59 Å². The molecule has 3 aromatic rings. The van der Waals surface area contributed by atoms with E-state index in [0.717, 1.165) is 5.56 Å². The number of aryl methyl sites for hydroxylation is 3. The Labute approximate surface area is 141 Å². The lowest BCUT2D eigenvalue weighted by Gasteiger charge is -2.16. The minimum atomic E-state index is -0.112. The summed E-state index contributed by atoms with van der Waals surface area (Å²) in [6.45, 7) is 4.43. The van der Waals surface area contributed by atoms with Crippen molar-refractivity contribution in [1.29, 1.82) is 0 Å². The largest absolute Gasteiger partial charge is 0.336 e. The molecule has 7 heteroatoms. The lowest BCUT2D eigenvalue weighted by Crippen LogP contribution is -2.26. The molecule has 0 atom stereocenters. The summed E-state index contributed by atoms with van der Waals surface area (Å²) in [6.07, 6.45) is 1.49. The zero-order valence-corrected chi connectivity index (χ0v) is 15.0. The molecule has 3 heterocycles. The average molecular weight is 347 g/mol. The molecule has 0 fully saturated rings. The third-order valence-corrected chi connectivity index (χ3v) is 6.10. The van der Waals surface area contributed by atoms with E-state index in [1.54, 1.807) is 30.3 Å². The van der Waals surface area contributed by atoms with Crippen molar-refractivity contribution in [3.05, 3.63) is 49.0 Å². The van der Waals surface area contributed by atoms with Crippen LogP contribution >= 0.6 is 22.7 Å². The van der Waals surface area contributed by atoms with Crippen molar-refractivity contribution in [3.8, 4) is 0 Å². The third kappa shape index (κ3) is 2.70. The van der Waals surface area contributed by atoms with Crippen LogP contribution in [0.4, 0.5) is 0 Å². The molecule has 3 aromatic heterocycles. The Morgan fingerprint density at radius 1 is 1.39 bits per heavy atom. The number of fused-ring (bicyclic) bond motifs is 1. The summed E-state index contributed by atoms with van der Waals surface area (Å²) >= 11 is 2.94. The van der Waals surface area contributed by atoms with Crippen molar-refractivity contribution >= 4 is 38.8 Å². The van der Waals surface area contributed by atoms with Crippen molar-refractivity contribution < 1.29 is 4.79 Å². The number of amides is 1. The molecule has 5 nitrogen and oxygen atoms in total. The van der Waals surface area contributed by atoms with Gasteiger partial charge in [-0.1, -0.05) is 0 Å². The maximum Gasteiger partial charge on any atom is 0.264 e. The number of carbonyl (C=O) groups is 1. The predicted octanol–water partition coefficient (Wildman–Crippen LogP) is 2.95. The van der Waals surface area contributed by atoms with Gasteiger partial charge in [0.05, 0.1) is 23.1 Å². The van der Waals surface area contributed by atoms with Crippen molar-refractivity contribution in [3.63, 3.8) is 0 Å². The van der Waals surface area contributed by atoms with Gasteiger partial charge in [-0.3, -0.25) is 9.59 Å². The summed E-state index contributed by atoms with van der Waals surface area (Å²) in [4.78, 5) is 33.4. The number of hydrogen-bond donors (Lipinski definition) is 0. The van der Waals surface area contributed by atoms with Gasteiger partial charge in [-0.05, 0) is 36.4 Å². The standard InChI is InChI=1S/C16H17N3O2S2/c1-9-5-6-22-11(9)7-18(3)16(21)13-10(2)12-14(23-13)17-8-19(4)15(12)20/h5-6,8H,7H2,1-4H3. The van der Waals surface area contributed by atoms with Crippen LogP contribution in [0.25, 0.3) is 10.2 Å². The lowest BCUT2D eigenvalue weighted by atomic mass is 10.2. The molecule has 0 saturated heterocycles. The van der Waals surface area contributed by atoms with Crippen molar-refractivity contribution in [2.45, 2.75) is 20.4 Å². The third-order valence-electron chi connectivity index (χ3n) is 3.90. The van der Waals surface area contributed by atoms with Crippen LogP contribution in [0.2, 0.25) is 0 Å². The van der Waals surface area contributed by atoms with Crippen molar-refractivity contribution in [2.75, 3.05) is 7.05 Å². The fourth-order valence-corrected chi connectivity index (χ4v) is 4.53. The van der Waals surface area contributed by atoms with Gasteiger partial charge in [-0.15, -0.1) is 22.7 Å². The monoisotopic (exact) mass is 347 g/mol. The molecule has 0 aliphatic rings. The Kier molecular flexibility index (Phi) is 4.08. The molecule has 0 aromatic carbocycles. The molecular weight excluding hydrogens is 330 g/mol. The maximum absolute atomic E-state index is 12.8. The fourth-order valence-electron chi connectivity index (χ4n) is 2.44. The molecule has 0 spiro atoms. The molecule has 3 rings (SSSR count). The van der Waals surface area contributed by atoms with Gasteiger partial charge in [0.25, 0.3) is 11.5 Å². The van der Waals surface area contributed by atoms with Crippen LogP contribution in [0.3, 0.4) is 0 Å². The lowest BCUT2D eigenvalue weighted by molar-refractivity contribution is 0.0790. The van der Waals surface area contributed by atoms with Crippen LogP contribution in [0.1, 0.15) is 25.7 Å². The molecule has 120 valence electrons. The first-order chi connectivity index (χ1) is 10.9. The average Bonchev–Trinajstić information content (AvgIpc) is 3.07. The van der Waals surface area contributed by atoms with Gasteiger partial charge < -0.3 is 9.47 Å². The van der Waals surface area contributed by atoms with Gasteiger partial charge in [-0.25, -0.2) is 4.98 Å². The van der Waals surface area contributed by atoms with Gasteiger partial charge in [0.15, 0.2) is 0 Å². The van der Waals surface area contributed by atoms with Crippen LogP contribution in [0, 0.1) is 13.8 Å². The molecular formula is C16H17N3O2S2. The van der Waals surface area contributed by atoms with Gasteiger partial charge in [0.1, 0.15) is 4.83 Å². The second-order valence-electron chi connectivity index (χ2n) is 5.58. The summed E-state index contributed by atoms with van der Waals surface area (Å²) in [5.74, 6) is -0.0691. The summed E-state index contributed by atoms with van der Waals surface area (Å²) in [5.41, 5.74) is 1.80. The van der Waals surface area contributed by atoms with Crippen LogP contribution in [0.5, 0.6) is 0 Å². The first-order valence-electron chi connectivity index (χ1n) is 7.13. The number of aromatic nitrogens is 2. The van der Waals surface area contributed by atoms with Gasteiger partial charge in [-0.2, -0.15) is 0 Å². The highest BCUT2D eigenvalue weighted by atomic mass is 32.1. The SMILES string of the molecule is Cc1ccsc1CN(C)C(=O)c1sc2ncn(C)c(=O)c2c1C. The molecule has 0 aliphatic heterocycles. The molecule has 23 heavy (non-hydrogen) atoms. The molecule has 0 radical (unpaired) electrons. The van der Waals surface area contributed by atoms with E-state index in [4.69, 9.17) is 0 Å². The Morgan fingerprint density at radius 2 is 2.13 bits per heavy atom. The highest BCUT2D eigenvalue weighted by Crippen LogP contribution is 2.28. The molecule has 0 saturated carbocycles. The molecule has 0 aliphatic carbocycles. The smallest absolute Gasteiger partial charge is 0.264 e. The van der Waals surface area contributed by atoms with Crippen LogP contribution < -0.4 is 5.56 Å². The number of nitrogens with zero attached hydrogens (tertiary/aromatic N) is 3. The molecule has 0 N–H and O–H groups in total. The van der Waals surface area contributed by atoms with E-state index < -0.39 is 0 Å². The van der Waals surface area contributed by atoms with E-state index in [2.05, 4.69) is 11.1 Å². The van der Waals surface area contributed by atoms with Crippen LogP contribution in [-0.2, 0) is 13.6 Å². The minimum Gasteiger partial charge on any atom is -0.336 e. The molecule has 0 unspecified atom stereocenters. The summed E-state index contributed by atoms with van der Waals surface area (Å²) in [7, 11) is 3.45. The predicted molar refractivity (Wildman–Crippen MR) is 94.5 cm³/mol. The van der Waals surface area contributed by atoms with Gasteiger partial charge in [0, 0.05) is 19.0 Å². The Morgan fingerprint density at radius 3 is 2.78 bits per heavy atom. The summed E-state index contributed by atoms with van der Waals surface area (Å²) in [5, 5.41) is 2.57. The fraction of sp³-hybridized carbons (Fsp3) is 0.312. The Hall–Kier alpha value is -1.99. The van der Waals surface area contributed by atoms with E-state index in [-0.39, 0.29) is 11.5 Å². The number of thiophene rings is 2. The molecule has 1 amide bonds. The normalized spacial score (nSPS) is 11.1.